The number of aromatic amines is 1. The van der Waals surface area contributed by atoms with Gasteiger partial charge >= 0.3 is 0 Å². The first-order valence-corrected chi connectivity index (χ1v) is 11.0. The van der Waals surface area contributed by atoms with Crippen LogP contribution >= 0.6 is 11.8 Å². The van der Waals surface area contributed by atoms with Crippen LogP contribution in [0.1, 0.15) is 36.9 Å². The number of nitrogens with one attached hydrogen (secondary N) is 2. The van der Waals surface area contributed by atoms with Crippen LogP contribution in [-0.4, -0.2) is 26.3 Å². The predicted molar refractivity (Wildman–Crippen MR) is 117 cm³/mol. The van der Waals surface area contributed by atoms with Crippen LogP contribution in [-0.2, 0) is 11.2 Å². The van der Waals surface area contributed by atoms with Crippen LogP contribution in [0.5, 0.6) is 0 Å². The van der Waals surface area contributed by atoms with E-state index in [0.29, 0.717) is 11.1 Å². The number of carbonyl (C=O) groups excluding carboxylic acids is 1. The standard InChI is InChI=1S/C23H22N4O2S/c1-14(21(28)25-20-12-6-8-15-7-2-3-9-16(15)20)30-23-27-26-22(29-23)18-13-24-19-11-5-4-10-17(18)19/h2-5,7,9-11,13-14,20,24H,6,8,12H2,1H3,(H,25,28)/t14-,20+/m0/s1. The van der Waals surface area contributed by atoms with Crippen molar-refractivity contribution in [2.75, 3.05) is 0 Å². The quantitative estimate of drug-likeness (QED) is 0.451. The van der Waals surface area contributed by atoms with E-state index in [1.807, 2.05) is 43.5 Å². The topological polar surface area (TPSA) is 83.8 Å². The van der Waals surface area contributed by atoms with Gasteiger partial charge < -0.3 is 14.7 Å². The average Bonchev–Trinajstić information content (AvgIpc) is 3.40. The van der Waals surface area contributed by atoms with Crippen molar-refractivity contribution >= 4 is 28.6 Å². The molecule has 4 aromatic rings. The summed E-state index contributed by atoms with van der Waals surface area (Å²) in [6.07, 6.45) is 4.99. The summed E-state index contributed by atoms with van der Waals surface area (Å²) < 4.78 is 5.84. The minimum Gasteiger partial charge on any atom is -0.411 e. The van der Waals surface area contributed by atoms with Crippen molar-refractivity contribution in [2.24, 2.45) is 0 Å². The van der Waals surface area contributed by atoms with Crippen LogP contribution in [0.3, 0.4) is 0 Å². The third-order valence-electron chi connectivity index (χ3n) is 5.56. The number of benzene rings is 2. The molecule has 0 radical (unpaired) electrons. The lowest BCUT2D eigenvalue weighted by Gasteiger charge is -2.27. The Morgan fingerprint density at radius 3 is 2.97 bits per heavy atom. The molecule has 2 aromatic heterocycles. The summed E-state index contributed by atoms with van der Waals surface area (Å²) in [6, 6.07) is 16.4. The van der Waals surface area contributed by atoms with Gasteiger partial charge in [-0.3, -0.25) is 4.79 Å². The van der Waals surface area contributed by atoms with E-state index in [1.54, 1.807) is 0 Å². The number of amides is 1. The monoisotopic (exact) mass is 418 g/mol. The molecule has 2 N–H and O–H groups in total. The molecular formula is C23H22N4O2S. The molecule has 6 nitrogen and oxygen atoms in total. The fraction of sp³-hybridized carbons (Fsp3) is 0.261. The highest BCUT2D eigenvalue weighted by atomic mass is 32.2. The number of rotatable bonds is 5. The van der Waals surface area contributed by atoms with Gasteiger partial charge in [0, 0.05) is 17.1 Å². The van der Waals surface area contributed by atoms with Gasteiger partial charge in [-0.25, -0.2) is 0 Å². The van der Waals surface area contributed by atoms with Gasteiger partial charge in [-0.15, -0.1) is 10.2 Å². The third-order valence-corrected chi connectivity index (χ3v) is 6.49. The lowest BCUT2D eigenvalue weighted by Crippen LogP contribution is -2.35. The molecule has 0 bridgehead atoms. The molecule has 5 rings (SSSR count). The van der Waals surface area contributed by atoms with Crippen molar-refractivity contribution in [1.29, 1.82) is 0 Å². The van der Waals surface area contributed by atoms with E-state index < -0.39 is 0 Å². The molecule has 2 atom stereocenters. The van der Waals surface area contributed by atoms with Gasteiger partial charge in [0.05, 0.1) is 16.9 Å². The van der Waals surface area contributed by atoms with E-state index in [0.717, 1.165) is 35.7 Å². The summed E-state index contributed by atoms with van der Waals surface area (Å²) in [6.45, 7) is 1.87. The van der Waals surface area contributed by atoms with E-state index in [2.05, 4.69) is 38.7 Å². The molecule has 1 aliphatic carbocycles. The number of H-pyrrole nitrogens is 1. The van der Waals surface area contributed by atoms with Crippen molar-refractivity contribution in [3.8, 4) is 11.5 Å². The smallest absolute Gasteiger partial charge is 0.277 e. The molecule has 1 aliphatic rings. The highest BCUT2D eigenvalue weighted by molar-refractivity contribution is 8.00. The Bertz CT molecular complexity index is 1200. The van der Waals surface area contributed by atoms with Crippen molar-refractivity contribution in [3.63, 3.8) is 0 Å². The first-order valence-electron chi connectivity index (χ1n) is 10.1. The number of thioether (sulfide) groups is 1. The molecule has 7 heteroatoms. The highest BCUT2D eigenvalue weighted by Crippen LogP contribution is 2.32. The van der Waals surface area contributed by atoms with Gasteiger partial charge in [0.25, 0.3) is 11.1 Å². The predicted octanol–water partition coefficient (Wildman–Crippen LogP) is 4.89. The molecule has 152 valence electrons. The van der Waals surface area contributed by atoms with E-state index >= 15 is 0 Å². The fourth-order valence-electron chi connectivity index (χ4n) is 4.01. The number of carbonyl (C=O) groups is 1. The second-order valence-corrected chi connectivity index (χ2v) is 8.83. The van der Waals surface area contributed by atoms with Crippen LogP contribution in [0, 0.1) is 0 Å². The van der Waals surface area contributed by atoms with Gasteiger partial charge in [-0.2, -0.15) is 0 Å². The molecule has 2 aromatic carbocycles. The molecule has 0 unspecified atom stereocenters. The zero-order valence-corrected chi connectivity index (χ0v) is 17.4. The minimum atomic E-state index is -0.338. The van der Waals surface area contributed by atoms with Crippen LogP contribution in [0.4, 0.5) is 0 Å². The van der Waals surface area contributed by atoms with Crippen LogP contribution in [0.25, 0.3) is 22.4 Å². The summed E-state index contributed by atoms with van der Waals surface area (Å²) in [4.78, 5) is 16.0. The molecule has 0 fully saturated rings. The Morgan fingerprint density at radius 2 is 2.03 bits per heavy atom. The lowest BCUT2D eigenvalue weighted by atomic mass is 9.88. The largest absolute Gasteiger partial charge is 0.411 e. The molecule has 0 aliphatic heterocycles. The van der Waals surface area contributed by atoms with E-state index in [1.165, 1.54) is 22.9 Å². The SMILES string of the molecule is C[C@H](Sc1nnc(-c2c[nH]c3ccccc23)o1)C(=O)N[C@@H]1CCCc2ccccc21. The van der Waals surface area contributed by atoms with Gasteiger partial charge in [0.2, 0.25) is 5.91 Å². The number of hydrogen-bond acceptors (Lipinski definition) is 5. The van der Waals surface area contributed by atoms with Crippen LogP contribution in [0.15, 0.2) is 64.4 Å². The molecule has 1 amide bonds. The molecule has 0 saturated heterocycles. The first kappa shape index (κ1) is 18.9. The maximum absolute atomic E-state index is 12.8. The highest BCUT2D eigenvalue weighted by Gasteiger charge is 2.25. The average molecular weight is 419 g/mol. The van der Waals surface area contributed by atoms with Gasteiger partial charge in [-0.1, -0.05) is 54.2 Å². The Kier molecular flexibility index (Phi) is 5.04. The lowest BCUT2D eigenvalue weighted by molar-refractivity contribution is -0.121. The van der Waals surface area contributed by atoms with Crippen molar-refractivity contribution in [1.82, 2.24) is 20.5 Å². The fourth-order valence-corrected chi connectivity index (χ4v) is 4.70. The molecule has 0 spiro atoms. The Balaban J connectivity index is 1.27. The number of fused-ring (bicyclic) bond motifs is 2. The molecule has 30 heavy (non-hydrogen) atoms. The Labute approximate surface area is 178 Å². The molecule has 0 saturated carbocycles. The zero-order valence-electron chi connectivity index (χ0n) is 16.6. The number of nitrogens with zero attached hydrogens (tertiary/aromatic N) is 2. The number of aryl methyl sites for hydroxylation is 1. The van der Waals surface area contributed by atoms with Crippen molar-refractivity contribution < 1.29 is 9.21 Å². The minimum absolute atomic E-state index is 0.0199. The maximum Gasteiger partial charge on any atom is 0.277 e. The van der Waals surface area contributed by atoms with E-state index in [4.69, 9.17) is 4.42 Å². The number of aromatic nitrogens is 3. The summed E-state index contributed by atoms with van der Waals surface area (Å²) in [5.41, 5.74) is 4.43. The second-order valence-electron chi connectivity index (χ2n) is 7.53. The van der Waals surface area contributed by atoms with Crippen molar-refractivity contribution in [3.05, 3.63) is 65.9 Å². The maximum atomic E-state index is 12.8. The second kappa shape index (κ2) is 7.99. The first-order chi connectivity index (χ1) is 14.7. The summed E-state index contributed by atoms with van der Waals surface area (Å²) in [5.74, 6) is 0.428. The summed E-state index contributed by atoms with van der Waals surface area (Å²) in [5, 5.41) is 12.6. The van der Waals surface area contributed by atoms with Gasteiger partial charge in [-0.05, 0) is 43.4 Å². The Hall–Kier alpha value is -3.06. The summed E-state index contributed by atoms with van der Waals surface area (Å²) >= 11 is 1.28. The van der Waals surface area contributed by atoms with Crippen LogP contribution in [0.2, 0.25) is 0 Å². The zero-order chi connectivity index (χ0) is 20.5. The summed E-state index contributed by atoms with van der Waals surface area (Å²) in [7, 11) is 0. The van der Waals surface area contributed by atoms with Gasteiger partial charge in [0.1, 0.15) is 0 Å². The van der Waals surface area contributed by atoms with Crippen molar-refractivity contribution in [2.45, 2.75) is 42.7 Å². The Morgan fingerprint density at radius 1 is 1.20 bits per heavy atom. The van der Waals surface area contributed by atoms with E-state index in [-0.39, 0.29) is 17.2 Å². The number of hydrogen-bond donors (Lipinski definition) is 2. The van der Waals surface area contributed by atoms with E-state index in [9.17, 15) is 4.79 Å². The molecule has 2 heterocycles. The van der Waals surface area contributed by atoms with Crippen LogP contribution < -0.4 is 5.32 Å². The van der Waals surface area contributed by atoms with Gasteiger partial charge in [0.15, 0.2) is 0 Å². The number of para-hydroxylation sites is 1. The normalized spacial score (nSPS) is 16.9. The molecular weight excluding hydrogens is 396 g/mol. The third kappa shape index (κ3) is 3.61.